The van der Waals surface area contributed by atoms with E-state index in [1.807, 2.05) is 19.9 Å². The van der Waals surface area contributed by atoms with Crippen molar-refractivity contribution < 1.29 is 4.39 Å². The van der Waals surface area contributed by atoms with Crippen LogP contribution in [0, 0.1) is 19.8 Å². The van der Waals surface area contributed by atoms with Gasteiger partial charge in [0.15, 0.2) is 5.82 Å². The average molecular weight is 271 g/mol. The molecule has 0 unspecified atom stereocenters. The lowest BCUT2D eigenvalue weighted by Crippen LogP contribution is -2.05. The van der Waals surface area contributed by atoms with Crippen LogP contribution in [-0.4, -0.2) is 19.7 Å². The Balaban J connectivity index is 2.64. The highest BCUT2D eigenvalue weighted by molar-refractivity contribution is 9.10. The van der Waals surface area contributed by atoms with Crippen LogP contribution < -0.4 is 0 Å². The largest absolute Gasteiger partial charge is 0.232 e. The van der Waals surface area contributed by atoms with Crippen molar-refractivity contribution in [1.29, 1.82) is 0 Å². The first-order valence-corrected chi connectivity index (χ1v) is 5.08. The number of aromatic nitrogens is 4. The summed E-state index contributed by atoms with van der Waals surface area (Å²) in [6.45, 7) is 3.75. The lowest BCUT2D eigenvalue weighted by atomic mass is 10.4. The first kappa shape index (κ1) is 10.2. The predicted molar refractivity (Wildman–Crippen MR) is 56.3 cm³/mol. The molecule has 2 heterocycles. The second-order valence-electron chi connectivity index (χ2n) is 3.14. The van der Waals surface area contributed by atoms with E-state index < -0.39 is 5.95 Å². The Labute approximate surface area is 94.3 Å². The Morgan fingerprint density at radius 1 is 1.33 bits per heavy atom. The van der Waals surface area contributed by atoms with Gasteiger partial charge in [-0.2, -0.15) is 9.49 Å². The number of aryl methyl sites for hydroxylation is 2. The third kappa shape index (κ3) is 1.77. The predicted octanol–water partition coefficient (Wildman–Crippen LogP) is 2.18. The van der Waals surface area contributed by atoms with Gasteiger partial charge in [-0.15, -0.1) is 0 Å². The second kappa shape index (κ2) is 3.69. The summed E-state index contributed by atoms with van der Waals surface area (Å²) in [6, 6.07) is 1.90. The standard InChI is InChI=1S/C9H8BrFN4/c1-5-3-6(2)15(14-5)9-7(10)8(11)12-4-13-9/h3-4H,1-2H3. The summed E-state index contributed by atoms with van der Waals surface area (Å²) >= 11 is 3.10. The molecule has 0 aliphatic heterocycles. The number of nitrogens with zero attached hydrogens (tertiary/aromatic N) is 4. The molecule has 6 heteroatoms. The summed E-state index contributed by atoms with van der Waals surface area (Å²) < 4.78 is 15.0. The molecule has 78 valence electrons. The van der Waals surface area contributed by atoms with Crippen molar-refractivity contribution in [3.63, 3.8) is 0 Å². The van der Waals surface area contributed by atoms with Crippen LogP contribution in [0.4, 0.5) is 4.39 Å². The molecule has 0 aliphatic carbocycles. The SMILES string of the molecule is Cc1cc(C)n(-c2ncnc(F)c2Br)n1. The molecule has 15 heavy (non-hydrogen) atoms. The second-order valence-corrected chi connectivity index (χ2v) is 3.93. The van der Waals surface area contributed by atoms with Gasteiger partial charge in [0.05, 0.1) is 5.69 Å². The van der Waals surface area contributed by atoms with Gasteiger partial charge in [0, 0.05) is 5.69 Å². The maximum Gasteiger partial charge on any atom is 0.232 e. The minimum Gasteiger partial charge on any atom is -0.218 e. The van der Waals surface area contributed by atoms with Gasteiger partial charge < -0.3 is 0 Å². The van der Waals surface area contributed by atoms with Crippen LogP contribution in [-0.2, 0) is 0 Å². The molecule has 0 N–H and O–H groups in total. The summed E-state index contributed by atoms with van der Waals surface area (Å²) in [7, 11) is 0. The molecular formula is C9H8BrFN4. The van der Waals surface area contributed by atoms with Gasteiger partial charge in [0.1, 0.15) is 10.8 Å². The minimum absolute atomic E-state index is 0.219. The van der Waals surface area contributed by atoms with Crippen molar-refractivity contribution in [2.75, 3.05) is 0 Å². The highest BCUT2D eigenvalue weighted by atomic mass is 79.9. The summed E-state index contributed by atoms with van der Waals surface area (Å²) in [6.07, 6.45) is 1.17. The zero-order valence-electron chi connectivity index (χ0n) is 8.20. The molecule has 4 nitrogen and oxygen atoms in total. The van der Waals surface area contributed by atoms with Crippen LogP contribution in [0.3, 0.4) is 0 Å². The zero-order valence-corrected chi connectivity index (χ0v) is 9.79. The maximum absolute atomic E-state index is 13.2. The Morgan fingerprint density at radius 2 is 2.07 bits per heavy atom. The summed E-state index contributed by atoms with van der Waals surface area (Å²) in [4.78, 5) is 7.42. The van der Waals surface area contributed by atoms with E-state index in [4.69, 9.17) is 0 Å². The molecule has 0 saturated heterocycles. The lowest BCUT2D eigenvalue weighted by Gasteiger charge is -2.04. The van der Waals surface area contributed by atoms with Crippen molar-refractivity contribution in [2.24, 2.45) is 0 Å². The first-order valence-electron chi connectivity index (χ1n) is 4.29. The van der Waals surface area contributed by atoms with E-state index in [1.54, 1.807) is 4.68 Å². The van der Waals surface area contributed by atoms with Gasteiger partial charge in [0.2, 0.25) is 5.95 Å². The van der Waals surface area contributed by atoms with Crippen molar-refractivity contribution >= 4 is 15.9 Å². The topological polar surface area (TPSA) is 43.6 Å². The van der Waals surface area contributed by atoms with Gasteiger partial charge in [-0.3, -0.25) is 0 Å². The van der Waals surface area contributed by atoms with Crippen LogP contribution in [0.2, 0.25) is 0 Å². The Hall–Kier alpha value is -1.30. The molecule has 0 saturated carbocycles. The van der Waals surface area contributed by atoms with E-state index >= 15 is 0 Å². The number of hydrogen-bond acceptors (Lipinski definition) is 3. The Morgan fingerprint density at radius 3 is 2.67 bits per heavy atom. The van der Waals surface area contributed by atoms with E-state index in [-0.39, 0.29) is 4.47 Å². The van der Waals surface area contributed by atoms with Gasteiger partial charge in [-0.1, -0.05) is 0 Å². The first-order chi connectivity index (χ1) is 7.09. The fraction of sp³-hybridized carbons (Fsp3) is 0.222. The van der Waals surface area contributed by atoms with E-state index in [2.05, 4.69) is 31.0 Å². The van der Waals surface area contributed by atoms with Gasteiger partial charge >= 0.3 is 0 Å². The fourth-order valence-electron chi connectivity index (χ4n) is 1.33. The maximum atomic E-state index is 13.2. The third-order valence-corrected chi connectivity index (χ3v) is 2.62. The molecule has 0 bridgehead atoms. The van der Waals surface area contributed by atoms with E-state index in [9.17, 15) is 4.39 Å². The number of halogens is 2. The van der Waals surface area contributed by atoms with Crippen LogP contribution in [0.1, 0.15) is 11.4 Å². The molecule has 0 aromatic carbocycles. The Kier molecular flexibility index (Phi) is 2.52. The fourth-order valence-corrected chi connectivity index (χ4v) is 1.70. The van der Waals surface area contributed by atoms with E-state index in [0.29, 0.717) is 5.82 Å². The molecule has 0 spiro atoms. The summed E-state index contributed by atoms with van der Waals surface area (Å²) in [5.74, 6) is -0.180. The van der Waals surface area contributed by atoms with Crippen LogP contribution in [0.25, 0.3) is 5.82 Å². The van der Waals surface area contributed by atoms with Crippen LogP contribution >= 0.6 is 15.9 Å². The van der Waals surface area contributed by atoms with Crippen LogP contribution in [0.5, 0.6) is 0 Å². The van der Waals surface area contributed by atoms with Crippen molar-refractivity contribution in [1.82, 2.24) is 19.7 Å². The number of hydrogen-bond donors (Lipinski definition) is 0. The molecule has 0 amide bonds. The monoisotopic (exact) mass is 270 g/mol. The molecule has 2 aromatic heterocycles. The highest BCUT2D eigenvalue weighted by Gasteiger charge is 2.12. The van der Waals surface area contributed by atoms with Crippen molar-refractivity contribution in [2.45, 2.75) is 13.8 Å². The van der Waals surface area contributed by atoms with E-state index in [0.717, 1.165) is 11.4 Å². The average Bonchev–Trinajstić information content (AvgIpc) is 2.50. The molecular weight excluding hydrogens is 263 g/mol. The minimum atomic E-state index is -0.590. The quantitative estimate of drug-likeness (QED) is 0.747. The summed E-state index contributed by atoms with van der Waals surface area (Å²) in [5.41, 5.74) is 1.75. The summed E-state index contributed by atoms with van der Waals surface area (Å²) in [5, 5.41) is 4.21. The van der Waals surface area contributed by atoms with Gasteiger partial charge in [-0.05, 0) is 35.8 Å². The van der Waals surface area contributed by atoms with E-state index in [1.165, 1.54) is 6.33 Å². The highest BCUT2D eigenvalue weighted by Crippen LogP contribution is 2.21. The molecule has 0 atom stereocenters. The normalized spacial score (nSPS) is 10.7. The molecule has 0 radical (unpaired) electrons. The van der Waals surface area contributed by atoms with Gasteiger partial charge in [-0.25, -0.2) is 14.6 Å². The van der Waals surface area contributed by atoms with Crippen molar-refractivity contribution in [3.8, 4) is 5.82 Å². The third-order valence-electron chi connectivity index (χ3n) is 1.94. The zero-order chi connectivity index (χ0) is 11.0. The molecule has 2 aromatic rings. The Bertz CT molecular complexity index is 509. The molecule has 0 aliphatic rings. The van der Waals surface area contributed by atoms with Crippen molar-refractivity contribution in [3.05, 3.63) is 34.2 Å². The number of rotatable bonds is 1. The lowest BCUT2D eigenvalue weighted by molar-refractivity contribution is 0.567. The molecule has 2 rings (SSSR count). The van der Waals surface area contributed by atoms with Gasteiger partial charge in [0.25, 0.3) is 0 Å². The van der Waals surface area contributed by atoms with Crippen LogP contribution in [0.15, 0.2) is 16.9 Å². The smallest absolute Gasteiger partial charge is 0.218 e. The molecule has 0 fully saturated rings.